The monoisotopic (exact) mass is 476 g/mol. The van der Waals surface area contributed by atoms with E-state index >= 15 is 0 Å². The van der Waals surface area contributed by atoms with Gasteiger partial charge in [-0.1, -0.05) is 24.2 Å². The average Bonchev–Trinajstić information content (AvgIpc) is 3.31. The van der Waals surface area contributed by atoms with Crippen LogP contribution in [0.25, 0.3) is 0 Å². The first-order valence-corrected chi connectivity index (χ1v) is 11.7. The Labute approximate surface area is 196 Å². The number of anilines is 2. The van der Waals surface area contributed by atoms with Crippen molar-refractivity contribution in [1.29, 1.82) is 0 Å². The molecule has 0 bridgehead atoms. The molecular weight excluding hydrogens is 446 g/mol. The summed E-state index contributed by atoms with van der Waals surface area (Å²) >= 11 is 0. The van der Waals surface area contributed by atoms with Crippen molar-refractivity contribution >= 4 is 23.4 Å². The molecular formula is C23H30F2N6O3. The Morgan fingerprint density at radius 2 is 1.91 bits per heavy atom. The van der Waals surface area contributed by atoms with Crippen molar-refractivity contribution in [3.05, 3.63) is 35.2 Å². The number of piperidine rings is 1. The fourth-order valence-electron chi connectivity index (χ4n) is 4.35. The van der Waals surface area contributed by atoms with E-state index in [4.69, 9.17) is 15.1 Å². The van der Waals surface area contributed by atoms with E-state index in [0.29, 0.717) is 43.1 Å². The quantitative estimate of drug-likeness (QED) is 0.585. The van der Waals surface area contributed by atoms with Crippen LogP contribution in [0, 0.1) is 11.6 Å². The Bertz CT molecular complexity index is 1040. The summed E-state index contributed by atoms with van der Waals surface area (Å²) in [6.45, 7) is 5.55. The summed E-state index contributed by atoms with van der Waals surface area (Å²) in [5.74, 6) is -0.454. The van der Waals surface area contributed by atoms with Gasteiger partial charge in [-0.05, 0) is 43.2 Å². The molecule has 2 aromatic rings. The van der Waals surface area contributed by atoms with Crippen molar-refractivity contribution in [3.8, 4) is 0 Å². The van der Waals surface area contributed by atoms with E-state index in [1.807, 2.05) is 13.8 Å². The molecule has 1 aliphatic carbocycles. The second-order valence-corrected chi connectivity index (χ2v) is 9.16. The van der Waals surface area contributed by atoms with Crippen molar-refractivity contribution in [2.24, 2.45) is 10.9 Å². The number of nitrogens with two attached hydrogens (primary N) is 1. The summed E-state index contributed by atoms with van der Waals surface area (Å²) in [6.07, 6.45) is 4.23. The maximum Gasteiger partial charge on any atom is 0.324 e. The number of amides is 2. The summed E-state index contributed by atoms with van der Waals surface area (Å²) < 4.78 is 34.1. The van der Waals surface area contributed by atoms with Gasteiger partial charge in [-0.2, -0.15) is 4.98 Å². The van der Waals surface area contributed by atoms with Crippen molar-refractivity contribution < 1.29 is 22.9 Å². The van der Waals surface area contributed by atoms with Gasteiger partial charge in [-0.3, -0.25) is 0 Å². The molecule has 0 unspecified atom stereocenters. The van der Waals surface area contributed by atoms with Crippen molar-refractivity contribution in [3.63, 3.8) is 0 Å². The van der Waals surface area contributed by atoms with Crippen molar-refractivity contribution in [2.75, 3.05) is 23.3 Å². The number of rotatable bonds is 6. The predicted molar refractivity (Wildman–Crippen MR) is 123 cm³/mol. The van der Waals surface area contributed by atoms with Gasteiger partial charge in [0.1, 0.15) is 17.7 Å². The minimum absolute atomic E-state index is 0.0193. The number of halogens is 2. The first-order valence-electron chi connectivity index (χ1n) is 11.7. The van der Waals surface area contributed by atoms with Crippen LogP contribution >= 0.6 is 0 Å². The number of urea groups is 1. The van der Waals surface area contributed by atoms with Gasteiger partial charge in [-0.25, -0.2) is 13.6 Å². The van der Waals surface area contributed by atoms with Gasteiger partial charge in [-0.15, -0.1) is 0 Å². The molecule has 1 saturated heterocycles. The van der Waals surface area contributed by atoms with E-state index in [-0.39, 0.29) is 23.6 Å². The summed E-state index contributed by atoms with van der Waals surface area (Å²) in [5, 5.41) is 10.5. The van der Waals surface area contributed by atoms with E-state index in [9.17, 15) is 13.6 Å². The van der Waals surface area contributed by atoms with Gasteiger partial charge in [0.2, 0.25) is 0 Å². The lowest BCUT2D eigenvalue weighted by molar-refractivity contribution is 0.0401. The van der Waals surface area contributed by atoms with E-state index in [2.05, 4.69) is 25.5 Å². The Kier molecular flexibility index (Phi) is 7.28. The fraction of sp³-hybridized carbons (Fsp3) is 0.565. The van der Waals surface area contributed by atoms with Crippen LogP contribution in [-0.2, 0) is 4.84 Å². The highest BCUT2D eigenvalue weighted by molar-refractivity contribution is 5.88. The number of oxime groups is 1. The lowest BCUT2D eigenvalue weighted by Gasteiger charge is -2.29. The Hall–Kier alpha value is -3.24. The normalized spacial score (nSPS) is 19.4. The molecule has 0 atom stereocenters. The molecule has 3 N–H and O–H groups in total. The number of primary amides is 1. The molecule has 9 nitrogen and oxygen atoms in total. The number of nitrogens with one attached hydrogen (secondary N) is 1. The highest BCUT2D eigenvalue weighted by Gasteiger charge is 2.27. The van der Waals surface area contributed by atoms with Crippen LogP contribution in [0.5, 0.6) is 0 Å². The van der Waals surface area contributed by atoms with E-state index in [1.165, 1.54) is 0 Å². The van der Waals surface area contributed by atoms with Crippen LogP contribution in [0.2, 0.25) is 0 Å². The standard InChI is InChI=1S/C23H30F2N6O3/c1-13(2)21-28-23(34-30-21)31-9-7-16(8-10-31)33-29-15-5-3-14(4-6-15)17-11-19(25)20(12-18(17)24)27-22(26)32/h11-14,16H,3-10H2,1-2H3,(H3,26,27,32). The molecule has 11 heteroatoms. The summed E-state index contributed by atoms with van der Waals surface area (Å²) in [6, 6.07) is 1.73. The number of carbonyl (C=O) groups is 1. The molecule has 1 saturated carbocycles. The molecule has 2 fully saturated rings. The third-order valence-corrected chi connectivity index (χ3v) is 6.34. The zero-order valence-corrected chi connectivity index (χ0v) is 19.4. The van der Waals surface area contributed by atoms with Crippen LogP contribution < -0.4 is 16.0 Å². The number of carbonyl (C=O) groups excluding carboxylic acids is 1. The van der Waals surface area contributed by atoms with Gasteiger partial charge >= 0.3 is 12.0 Å². The molecule has 0 radical (unpaired) electrons. The number of hydrogen-bond donors (Lipinski definition) is 2. The van der Waals surface area contributed by atoms with Crippen LogP contribution in [0.15, 0.2) is 21.8 Å². The highest BCUT2D eigenvalue weighted by atomic mass is 19.1. The second kappa shape index (κ2) is 10.4. The Balaban J connectivity index is 1.26. The Morgan fingerprint density at radius 1 is 1.21 bits per heavy atom. The molecule has 2 amide bonds. The lowest BCUT2D eigenvalue weighted by atomic mass is 9.83. The van der Waals surface area contributed by atoms with Crippen LogP contribution in [0.4, 0.5) is 25.3 Å². The van der Waals surface area contributed by atoms with E-state index in [0.717, 1.165) is 43.8 Å². The SMILES string of the molecule is CC(C)c1noc(N2CCC(ON=C3CCC(c4cc(F)c(NC(N)=O)cc4F)CC3)CC2)n1. The summed E-state index contributed by atoms with van der Waals surface area (Å²) in [4.78, 5) is 23.2. The zero-order chi connectivity index (χ0) is 24.2. The molecule has 2 heterocycles. The number of benzene rings is 1. The van der Waals surface area contributed by atoms with E-state index < -0.39 is 17.7 Å². The third-order valence-electron chi connectivity index (χ3n) is 6.34. The van der Waals surface area contributed by atoms with Gasteiger partial charge < -0.3 is 25.3 Å². The maximum atomic E-state index is 14.5. The molecule has 34 heavy (non-hydrogen) atoms. The van der Waals surface area contributed by atoms with Crippen LogP contribution in [0.3, 0.4) is 0 Å². The van der Waals surface area contributed by atoms with Gasteiger partial charge in [0.15, 0.2) is 5.82 Å². The smallest absolute Gasteiger partial charge is 0.324 e. The highest BCUT2D eigenvalue weighted by Crippen LogP contribution is 2.35. The van der Waals surface area contributed by atoms with Crippen molar-refractivity contribution in [2.45, 2.75) is 70.3 Å². The number of hydrogen-bond acceptors (Lipinski definition) is 7. The summed E-state index contributed by atoms with van der Waals surface area (Å²) in [5.41, 5.74) is 5.97. The second-order valence-electron chi connectivity index (χ2n) is 9.16. The minimum Gasteiger partial charge on any atom is -0.392 e. The van der Waals surface area contributed by atoms with Gasteiger partial charge in [0, 0.05) is 37.9 Å². The van der Waals surface area contributed by atoms with Crippen LogP contribution in [0.1, 0.15) is 75.6 Å². The predicted octanol–water partition coefficient (Wildman–Crippen LogP) is 4.66. The van der Waals surface area contributed by atoms with Crippen molar-refractivity contribution in [1.82, 2.24) is 10.1 Å². The lowest BCUT2D eigenvalue weighted by Crippen LogP contribution is -2.36. The molecule has 4 rings (SSSR count). The van der Waals surface area contributed by atoms with Gasteiger partial charge in [0.25, 0.3) is 0 Å². The maximum absolute atomic E-state index is 14.5. The zero-order valence-electron chi connectivity index (χ0n) is 19.4. The van der Waals surface area contributed by atoms with Gasteiger partial charge in [0.05, 0.1) is 11.4 Å². The first kappa shape index (κ1) is 23.9. The molecule has 2 aliphatic rings. The average molecular weight is 477 g/mol. The number of aromatic nitrogens is 2. The Morgan fingerprint density at radius 3 is 2.53 bits per heavy atom. The first-order chi connectivity index (χ1) is 16.3. The molecule has 1 aliphatic heterocycles. The molecule has 1 aromatic carbocycles. The topological polar surface area (TPSA) is 119 Å². The molecule has 0 spiro atoms. The molecule has 184 valence electrons. The largest absolute Gasteiger partial charge is 0.392 e. The summed E-state index contributed by atoms with van der Waals surface area (Å²) in [7, 11) is 0. The minimum atomic E-state index is -0.940. The van der Waals surface area contributed by atoms with E-state index in [1.54, 1.807) is 0 Å². The fourth-order valence-corrected chi connectivity index (χ4v) is 4.35. The third kappa shape index (κ3) is 5.63. The number of nitrogens with zero attached hydrogens (tertiary/aromatic N) is 4. The molecule has 1 aromatic heterocycles. The van der Waals surface area contributed by atoms with Crippen LogP contribution in [-0.4, -0.2) is 41.1 Å².